The van der Waals surface area contributed by atoms with Crippen LogP contribution in [-0.2, 0) is 4.79 Å². The third-order valence-corrected chi connectivity index (χ3v) is 3.39. The van der Waals surface area contributed by atoms with E-state index < -0.39 is 0 Å². The zero-order chi connectivity index (χ0) is 13.0. The molecule has 3 heteroatoms. The van der Waals surface area contributed by atoms with E-state index in [2.05, 4.69) is 18.8 Å². The summed E-state index contributed by atoms with van der Waals surface area (Å²) in [4.78, 5) is 13.7. The fourth-order valence-electron chi connectivity index (χ4n) is 2.01. The third kappa shape index (κ3) is 3.12. The van der Waals surface area contributed by atoms with Crippen LogP contribution in [0.3, 0.4) is 0 Å². The van der Waals surface area contributed by atoms with Crippen molar-refractivity contribution in [1.82, 2.24) is 4.90 Å². The van der Waals surface area contributed by atoms with Crippen LogP contribution < -0.4 is 5.73 Å². The number of rotatable bonds is 0. The summed E-state index contributed by atoms with van der Waals surface area (Å²) in [5.41, 5.74) is 6.83. The van der Waals surface area contributed by atoms with Gasteiger partial charge in [-0.3, -0.25) is 4.79 Å². The summed E-state index contributed by atoms with van der Waals surface area (Å²) in [5.74, 6) is 5.93. The molecule has 1 heterocycles. The second-order valence-electron chi connectivity index (χ2n) is 4.80. The van der Waals surface area contributed by atoms with Crippen LogP contribution in [-0.4, -0.2) is 29.9 Å². The van der Waals surface area contributed by atoms with E-state index >= 15 is 0 Å². The molecule has 1 aliphatic rings. The minimum Gasteiger partial charge on any atom is -0.330 e. The van der Waals surface area contributed by atoms with Gasteiger partial charge in [0, 0.05) is 30.6 Å². The Balaban J connectivity index is 1.99. The second-order valence-corrected chi connectivity index (χ2v) is 4.80. The Kier molecular flexibility index (Phi) is 4.01. The number of likely N-dealkylation sites (tertiary alicyclic amines) is 1. The predicted molar refractivity (Wildman–Crippen MR) is 71.7 cm³/mol. The fourth-order valence-corrected chi connectivity index (χ4v) is 2.01. The van der Waals surface area contributed by atoms with Gasteiger partial charge in [0.05, 0.1) is 0 Å². The highest BCUT2D eigenvalue weighted by molar-refractivity contribution is 5.94. The van der Waals surface area contributed by atoms with Gasteiger partial charge in [-0.05, 0) is 24.5 Å². The van der Waals surface area contributed by atoms with Gasteiger partial charge in [-0.1, -0.05) is 31.0 Å². The minimum atomic E-state index is -0.124. The van der Waals surface area contributed by atoms with Crippen LogP contribution in [0.15, 0.2) is 30.3 Å². The van der Waals surface area contributed by atoms with E-state index in [-0.39, 0.29) is 11.9 Å². The largest absolute Gasteiger partial charge is 0.330 e. The van der Waals surface area contributed by atoms with Crippen LogP contribution in [0.5, 0.6) is 0 Å². The lowest BCUT2D eigenvalue weighted by Gasteiger charge is -2.33. The molecule has 94 valence electrons. The van der Waals surface area contributed by atoms with E-state index in [1.165, 1.54) is 0 Å². The summed E-state index contributed by atoms with van der Waals surface area (Å²) < 4.78 is 0. The molecule has 1 saturated heterocycles. The normalized spacial score (nSPS) is 23.1. The molecule has 1 aromatic rings. The maximum atomic E-state index is 11.9. The summed E-state index contributed by atoms with van der Waals surface area (Å²) in [6.07, 6.45) is 0.958. The van der Waals surface area contributed by atoms with Crippen LogP contribution in [0.2, 0.25) is 0 Å². The molecule has 1 aliphatic heterocycles. The van der Waals surface area contributed by atoms with Crippen LogP contribution in [0, 0.1) is 17.8 Å². The first kappa shape index (κ1) is 12.7. The van der Waals surface area contributed by atoms with Gasteiger partial charge >= 0.3 is 0 Å². The molecule has 3 nitrogen and oxygen atoms in total. The second kappa shape index (κ2) is 5.70. The average Bonchev–Trinajstić information content (AvgIpc) is 2.40. The third-order valence-electron chi connectivity index (χ3n) is 3.39. The van der Waals surface area contributed by atoms with Crippen LogP contribution >= 0.6 is 0 Å². The molecule has 2 unspecified atom stereocenters. The first-order chi connectivity index (χ1) is 8.66. The van der Waals surface area contributed by atoms with E-state index in [0.29, 0.717) is 12.5 Å². The minimum absolute atomic E-state index is 0.0706. The van der Waals surface area contributed by atoms with E-state index in [1.807, 2.05) is 30.3 Å². The van der Waals surface area contributed by atoms with E-state index in [0.717, 1.165) is 18.5 Å². The van der Waals surface area contributed by atoms with Gasteiger partial charge < -0.3 is 10.6 Å². The Morgan fingerprint density at radius 2 is 2.11 bits per heavy atom. The number of carbonyl (C=O) groups is 1. The van der Waals surface area contributed by atoms with Gasteiger partial charge in [-0.25, -0.2) is 0 Å². The molecule has 0 radical (unpaired) electrons. The predicted octanol–water partition coefficient (Wildman–Crippen LogP) is 1.23. The summed E-state index contributed by atoms with van der Waals surface area (Å²) in [6, 6.07) is 9.60. The molecule has 18 heavy (non-hydrogen) atoms. The maximum absolute atomic E-state index is 11.9. The summed E-state index contributed by atoms with van der Waals surface area (Å²) in [6.45, 7) is 3.50. The van der Waals surface area contributed by atoms with Crippen molar-refractivity contribution >= 4 is 5.91 Å². The highest BCUT2D eigenvalue weighted by atomic mass is 16.2. The number of nitrogens with zero attached hydrogens (tertiary/aromatic N) is 1. The van der Waals surface area contributed by atoms with E-state index in [1.54, 1.807) is 4.90 Å². The summed E-state index contributed by atoms with van der Waals surface area (Å²) in [5, 5.41) is 0. The number of benzene rings is 1. The number of carbonyl (C=O) groups excluding carboxylic acids is 1. The molecular formula is C15H18N2O. The first-order valence-corrected chi connectivity index (χ1v) is 6.28. The first-order valence-electron chi connectivity index (χ1n) is 6.28. The lowest BCUT2D eigenvalue weighted by atomic mass is 9.94. The highest BCUT2D eigenvalue weighted by Gasteiger charge is 2.25. The zero-order valence-corrected chi connectivity index (χ0v) is 10.6. The van der Waals surface area contributed by atoms with Crippen LogP contribution in [0.4, 0.5) is 0 Å². The quantitative estimate of drug-likeness (QED) is 0.696. The Bertz CT molecular complexity index is 472. The molecule has 1 fully saturated rings. The van der Waals surface area contributed by atoms with Gasteiger partial charge in [0.1, 0.15) is 0 Å². The summed E-state index contributed by atoms with van der Waals surface area (Å²) in [7, 11) is 0. The van der Waals surface area contributed by atoms with Crippen molar-refractivity contribution in [1.29, 1.82) is 0 Å². The maximum Gasteiger partial charge on any atom is 0.298 e. The van der Waals surface area contributed by atoms with Crippen molar-refractivity contribution < 1.29 is 4.79 Å². The number of amides is 1. The van der Waals surface area contributed by atoms with Crippen molar-refractivity contribution in [2.45, 2.75) is 19.4 Å². The molecule has 1 aromatic carbocycles. The molecule has 2 N–H and O–H groups in total. The van der Waals surface area contributed by atoms with E-state index in [4.69, 9.17) is 5.73 Å². The number of piperidine rings is 1. The fraction of sp³-hybridized carbons (Fsp3) is 0.400. The Labute approximate surface area is 108 Å². The van der Waals surface area contributed by atoms with Gasteiger partial charge in [0.2, 0.25) is 0 Å². The number of hydrogen-bond acceptors (Lipinski definition) is 2. The SMILES string of the molecule is CC1CCN(C(=O)C#Cc2ccccc2)CC1N. The number of nitrogens with two attached hydrogens (primary N) is 1. The average molecular weight is 242 g/mol. The highest BCUT2D eigenvalue weighted by Crippen LogP contribution is 2.15. The Morgan fingerprint density at radius 1 is 1.39 bits per heavy atom. The molecular weight excluding hydrogens is 224 g/mol. The van der Waals surface area contributed by atoms with Crippen molar-refractivity contribution in [2.75, 3.05) is 13.1 Å². The molecule has 0 aromatic heterocycles. The van der Waals surface area contributed by atoms with Gasteiger partial charge in [0.25, 0.3) is 5.91 Å². The molecule has 2 atom stereocenters. The molecule has 1 amide bonds. The van der Waals surface area contributed by atoms with Crippen molar-refractivity contribution in [3.63, 3.8) is 0 Å². The van der Waals surface area contributed by atoms with Gasteiger partial charge in [-0.15, -0.1) is 0 Å². The standard InChI is InChI=1S/C15H18N2O/c1-12-9-10-17(11-14(12)16)15(18)8-7-13-5-3-2-4-6-13/h2-6,12,14H,9-11,16H2,1H3. The number of hydrogen-bond donors (Lipinski definition) is 1. The lowest BCUT2D eigenvalue weighted by Crippen LogP contribution is -2.49. The lowest BCUT2D eigenvalue weighted by molar-refractivity contribution is -0.126. The Hall–Kier alpha value is -1.79. The molecule has 0 spiro atoms. The molecule has 0 saturated carbocycles. The smallest absolute Gasteiger partial charge is 0.298 e. The van der Waals surface area contributed by atoms with E-state index in [9.17, 15) is 4.79 Å². The van der Waals surface area contributed by atoms with Crippen molar-refractivity contribution in [3.8, 4) is 11.8 Å². The summed E-state index contributed by atoms with van der Waals surface area (Å²) >= 11 is 0. The molecule has 2 rings (SSSR count). The van der Waals surface area contributed by atoms with Crippen molar-refractivity contribution in [2.24, 2.45) is 11.7 Å². The van der Waals surface area contributed by atoms with Crippen LogP contribution in [0.1, 0.15) is 18.9 Å². The van der Waals surface area contributed by atoms with Crippen molar-refractivity contribution in [3.05, 3.63) is 35.9 Å². The monoisotopic (exact) mass is 242 g/mol. The van der Waals surface area contributed by atoms with Gasteiger partial charge in [-0.2, -0.15) is 0 Å². The Morgan fingerprint density at radius 3 is 2.78 bits per heavy atom. The topological polar surface area (TPSA) is 46.3 Å². The van der Waals surface area contributed by atoms with Crippen LogP contribution in [0.25, 0.3) is 0 Å². The molecule has 0 aliphatic carbocycles. The zero-order valence-electron chi connectivity index (χ0n) is 10.6. The van der Waals surface area contributed by atoms with Gasteiger partial charge in [0.15, 0.2) is 0 Å². The molecule has 0 bridgehead atoms.